The molecule has 0 aliphatic heterocycles. The molecule has 302 valence electrons. The first-order chi connectivity index (χ1) is 26.2. The molecule has 0 saturated carbocycles. The van der Waals surface area contributed by atoms with Crippen molar-refractivity contribution in [3.8, 4) is 0 Å². The zero-order chi connectivity index (χ0) is 39.8. The molecule has 2 aromatic carbocycles. The second-order valence-corrected chi connectivity index (χ2v) is 17.4. The SMILES string of the molecule is CCCCNc1ccc2c(c1)nc(NC(C)(C)C)c1[nH]c(=O)n(Cc3ccc(C(=O)CCC(=O)NCCCNCCCCCCCCCC(C)(C)C)cc3)c12. The molecule has 0 aliphatic carbocycles. The molecule has 0 bridgehead atoms. The summed E-state index contributed by atoms with van der Waals surface area (Å²) in [6, 6.07) is 13.4. The average molecular weight is 756 g/mol. The number of carbonyl (C=O) groups excluding carboxylic acids is 2. The van der Waals surface area contributed by atoms with E-state index in [1.807, 2.05) is 30.3 Å². The van der Waals surface area contributed by atoms with E-state index in [1.54, 1.807) is 16.7 Å². The van der Waals surface area contributed by atoms with Gasteiger partial charge in [0.2, 0.25) is 5.91 Å². The van der Waals surface area contributed by atoms with Crippen LogP contribution in [0, 0.1) is 5.41 Å². The number of aromatic amines is 1. The molecular formula is C45H69N7O3. The number of pyridine rings is 1. The Labute approximate surface area is 329 Å². The van der Waals surface area contributed by atoms with Crippen LogP contribution in [0.2, 0.25) is 0 Å². The van der Waals surface area contributed by atoms with Crippen molar-refractivity contribution < 1.29 is 9.59 Å². The maximum atomic E-state index is 13.4. The fourth-order valence-corrected chi connectivity index (χ4v) is 6.83. The van der Waals surface area contributed by atoms with Gasteiger partial charge in [-0.25, -0.2) is 9.78 Å². The molecule has 0 spiro atoms. The van der Waals surface area contributed by atoms with Gasteiger partial charge in [-0.2, -0.15) is 0 Å². The summed E-state index contributed by atoms with van der Waals surface area (Å²) in [7, 11) is 0. The molecule has 0 aliphatic rings. The van der Waals surface area contributed by atoms with Crippen molar-refractivity contribution in [1.29, 1.82) is 0 Å². The highest BCUT2D eigenvalue weighted by molar-refractivity contribution is 6.07. The molecule has 2 heterocycles. The van der Waals surface area contributed by atoms with Gasteiger partial charge in [0.05, 0.1) is 17.6 Å². The molecule has 1 amide bonds. The summed E-state index contributed by atoms with van der Waals surface area (Å²) in [5, 5.41) is 14.3. The summed E-state index contributed by atoms with van der Waals surface area (Å²) < 4.78 is 1.74. The van der Waals surface area contributed by atoms with Gasteiger partial charge in [-0.1, -0.05) is 96.9 Å². The molecule has 5 N–H and O–H groups in total. The summed E-state index contributed by atoms with van der Waals surface area (Å²) >= 11 is 0. The van der Waals surface area contributed by atoms with Crippen LogP contribution >= 0.6 is 0 Å². The molecular weight excluding hydrogens is 687 g/mol. The van der Waals surface area contributed by atoms with Crippen molar-refractivity contribution in [3.05, 3.63) is 64.1 Å². The molecule has 0 saturated heterocycles. The van der Waals surface area contributed by atoms with Crippen LogP contribution in [-0.2, 0) is 11.3 Å². The Morgan fingerprint density at radius 2 is 1.47 bits per heavy atom. The number of imidazole rings is 1. The molecule has 0 fully saturated rings. The minimum Gasteiger partial charge on any atom is -0.385 e. The van der Waals surface area contributed by atoms with Crippen molar-refractivity contribution in [2.75, 3.05) is 36.8 Å². The van der Waals surface area contributed by atoms with E-state index < -0.39 is 0 Å². The molecule has 10 nitrogen and oxygen atoms in total. The number of Topliss-reactive ketones (excluding diaryl/α,β-unsaturated/α-hetero) is 1. The standard InChI is InChI=1S/C45H69N7O3/c1-8-9-29-47-35-22-23-36-37(31-35)49-42(51-45(5,6)7)40-41(36)52(43(55)50-40)32-33-18-20-34(21-19-33)38(53)24-25-39(54)48-30-17-28-46-27-16-14-12-10-11-13-15-26-44(2,3)4/h18-23,31,46-47H,8-17,24-30,32H2,1-7H3,(H,48,54)(H,49,51)(H,50,55). The molecule has 0 radical (unpaired) electrons. The first-order valence-electron chi connectivity index (χ1n) is 20.9. The van der Waals surface area contributed by atoms with Gasteiger partial charge in [-0.05, 0) is 88.7 Å². The summed E-state index contributed by atoms with van der Waals surface area (Å²) in [6.45, 7) is 19.0. The van der Waals surface area contributed by atoms with Gasteiger partial charge < -0.3 is 26.3 Å². The number of aromatic nitrogens is 3. The van der Waals surface area contributed by atoms with Crippen molar-refractivity contribution in [2.45, 2.75) is 144 Å². The third-order valence-electron chi connectivity index (χ3n) is 9.89. The van der Waals surface area contributed by atoms with Gasteiger partial charge >= 0.3 is 5.69 Å². The Balaban J connectivity index is 1.22. The number of unbranched alkanes of at least 4 members (excludes halogenated alkanes) is 7. The van der Waals surface area contributed by atoms with E-state index in [0.29, 0.717) is 35.4 Å². The van der Waals surface area contributed by atoms with Gasteiger partial charge in [0.25, 0.3) is 0 Å². The van der Waals surface area contributed by atoms with Crippen molar-refractivity contribution in [1.82, 2.24) is 25.2 Å². The van der Waals surface area contributed by atoms with E-state index in [-0.39, 0.29) is 35.8 Å². The predicted molar refractivity (Wildman–Crippen MR) is 231 cm³/mol. The minimum absolute atomic E-state index is 0.0733. The van der Waals surface area contributed by atoms with Gasteiger partial charge in [-0.3, -0.25) is 14.2 Å². The molecule has 0 unspecified atom stereocenters. The monoisotopic (exact) mass is 756 g/mol. The lowest BCUT2D eigenvalue weighted by Gasteiger charge is -2.22. The van der Waals surface area contributed by atoms with Gasteiger partial charge in [0, 0.05) is 48.1 Å². The third kappa shape index (κ3) is 14.8. The smallest absolute Gasteiger partial charge is 0.326 e. The minimum atomic E-state index is -0.269. The Morgan fingerprint density at radius 1 is 0.782 bits per heavy atom. The lowest BCUT2D eigenvalue weighted by atomic mass is 9.89. The number of benzene rings is 2. The van der Waals surface area contributed by atoms with Crippen LogP contribution in [0.15, 0.2) is 47.3 Å². The number of H-pyrrole nitrogens is 1. The van der Waals surface area contributed by atoms with Gasteiger partial charge in [0.15, 0.2) is 11.6 Å². The fraction of sp³-hybridized carbons (Fsp3) is 0.600. The van der Waals surface area contributed by atoms with Crippen LogP contribution in [-0.4, -0.2) is 57.9 Å². The van der Waals surface area contributed by atoms with E-state index in [4.69, 9.17) is 4.98 Å². The number of carbonyl (C=O) groups is 2. The molecule has 2 aromatic heterocycles. The Kier molecular flexibility index (Phi) is 16.8. The number of anilines is 2. The largest absolute Gasteiger partial charge is 0.385 e. The molecule has 10 heteroatoms. The number of hydrogen-bond donors (Lipinski definition) is 5. The van der Waals surface area contributed by atoms with Crippen molar-refractivity contribution in [2.24, 2.45) is 5.41 Å². The number of amides is 1. The lowest BCUT2D eigenvalue weighted by molar-refractivity contribution is -0.121. The summed E-state index contributed by atoms with van der Waals surface area (Å²) in [4.78, 5) is 46.9. The quantitative estimate of drug-likeness (QED) is 0.0355. The van der Waals surface area contributed by atoms with Crippen molar-refractivity contribution >= 4 is 45.1 Å². The topological polar surface area (TPSA) is 133 Å². The number of nitrogens with one attached hydrogen (secondary N) is 5. The number of ketones is 1. The van der Waals surface area contributed by atoms with Crippen LogP contribution in [0.25, 0.3) is 21.9 Å². The maximum absolute atomic E-state index is 13.4. The van der Waals surface area contributed by atoms with E-state index in [2.05, 4.69) is 74.7 Å². The average Bonchev–Trinajstić information content (AvgIpc) is 3.45. The van der Waals surface area contributed by atoms with Gasteiger partial charge in [0.1, 0.15) is 5.52 Å². The van der Waals surface area contributed by atoms with Gasteiger partial charge in [-0.15, -0.1) is 0 Å². The molecule has 0 atom stereocenters. The normalized spacial score (nSPS) is 12.1. The van der Waals surface area contributed by atoms with Crippen molar-refractivity contribution in [3.63, 3.8) is 0 Å². The Bertz CT molecular complexity index is 1860. The van der Waals surface area contributed by atoms with Crippen LogP contribution in [0.3, 0.4) is 0 Å². The second-order valence-electron chi connectivity index (χ2n) is 17.4. The van der Waals surface area contributed by atoms with Crippen LogP contribution in [0.5, 0.6) is 0 Å². The maximum Gasteiger partial charge on any atom is 0.326 e. The highest BCUT2D eigenvalue weighted by atomic mass is 16.2. The Hall–Kier alpha value is -4.18. The zero-order valence-corrected chi connectivity index (χ0v) is 34.9. The Morgan fingerprint density at radius 3 is 2.16 bits per heavy atom. The second kappa shape index (κ2) is 21.2. The number of fused-ring (bicyclic) bond motifs is 3. The predicted octanol–water partition coefficient (Wildman–Crippen LogP) is 9.57. The highest BCUT2D eigenvalue weighted by Crippen LogP contribution is 2.31. The summed E-state index contributed by atoms with van der Waals surface area (Å²) in [5.74, 6) is 0.458. The molecule has 55 heavy (non-hydrogen) atoms. The van der Waals surface area contributed by atoms with E-state index in [9.17, 15) is 14.4 Å². The zero-order valence-electron chi connectivity index (χ0n) is 34.9. The van der Waals surface area contributed by atoms with E-state index in [1.165, 1.54) is 51.4 Å². The third-order valence-corrected chi connectivity index (χ3v) is 9.89. The molecule has 4 rings (SSSR count). The fourth-order valence-electron chi connectivity index (χ4n) is 6.83. The van der Waals surface area contributed by atoms with Crippen LogP contribution in [0.1, 0.15) is 148 Å². The lowest BCUT2D eigenvalue weighted by Crippen LogP contribution is -2.27. The van der Waals surface area contributed by atoms with Crippen LogP contribution in [0.4, 0.5) is 11.5 Å². The number of rotatable bonds is 24. The summed E-state index contributed by atoms with van der Waals surface area (Å²) in [6.07, 6.45) is 13.9. The highest BCUT2D eigenvalue weighted by Gasteiger charge is 2.20. The number of hydrogen-bond acceptors (Lipinski definition) is 7. The molecule has 4 aromatic rings. The van der Waals surface area contributed by atoms with E-state index in [0.717, 1.165) is 66.6 Å². The van der Waals surface area contributed by atoms with Crippen LogP contribution < -0.4 is 27.0 Å². The first-order valence-corrected chi connectivity index (χ1v) is 20.9. The first kappa shape index (κ1) is 43.5. The number of nitrogens with zero attached hydrogens (tertiary/aromatic N) is 2. The van der Waals surface area contributed by atoms with E-state index >= 15 is 0 Å². The summed E-state index contributed by atoms with van der Waals surface area (Å²) in [5.41, 5.74) is 4.65.